The highest BCUT2D eigenvalue weighted by molar-refractivity contribution is 7.47. The Balaban J connectivity index is 4.66. The zero-order valence-corrected chi connectivity index (χ0v) is 34.2. The summed E-state index contributed by atoms with van der Waals surface area (Å²) in [6.45, 7) is 1.87. The maximum atomic E-state index is 12.6. The average molecular weight is 811 g/mol. The molecule has 0 spiro atoms. The number of phosphoric acid groups is 2. The van der Waals surface area contributed by atoms with E-state index in [-0.39, 0.29) is 19.4 Å². The molecule has 16 heteroatoms. The maximum absolute atomic E-state index is 12.6. The SMILES string of the molecule is CC(C)CCCCCCCCC(=O)OC[C@H](COP(=O)(O)OC[C@@H](O)COP(=O)(O)O)OC(=O)CCC/C=C\C/C=C\C/C=C\C/C=C\CCCCCO. The molecular weight excluding hydrogens is 742 g/mol. The number of ether oxygens (including phenoxy) is 2. The van der Waals surface area contributed by atoms with Crippen LogP contribution in [0.25, 0.3) is 0 Å². The Kier molecular flexibility index (Phi) is 33.1. The molecule has 0 rings (SSSR count). The fraction of sp³-hybridized carbons (Fsp3) is 0.737. The summed E-state index contributed by atoms with van der Waals surface area (Å²) in [4.78, 5) is 52.4. The van der Waals surface area contributed by atoms with Crippen LogP contribution in [0, 0.1) is 5.92 Å². The zero-order chi connectivity index (χ0) is 40.3. The lowest BCUT2D eigenvalue weighted by Gasteiger charge is -2.20. The molecule has 0 saturated heterocycles. The second-order valence-corrected chi connectivity index (χ2v) is 16.1. The van der Waals surface area contributed by atoms with Gasteiger partial charge in [0.2, 0.25) is 0 Å². The summed E-state index contributed by atoms with van der Waals surface area (Å²) >= 11 is 0. The Hall–Kier alpha value is -1.96. The number of rotatable bonds is 36. The van der Waals surface area contributed by atoms with E-state index in [1.54, 1.807) is 0 Å². The van der Waals surface area contributed by atoms with Crippen LogP contribution < -0.4 is 0 Å². The average Bonchev–Trinajstić information content (AvgIpc) is 3.11. The lowest BCUT2D eigenvalue weighted by atomic mass is 10.0. The van der Waals surface area contributed by atoms with Crippen LogP contribution in [0.1, 0.15) is 129 Å². The third-order valence-electron chi connectivity index (χ3n) is 7.69. The molecule has 0 radical (unpaired) electrons. The third-order valence-corrected chi connectivity index (χ3v) is 9.13. The molecule has 0 aromatic carbocycles. The smallest absolute Gasteiger partial charge is 0.462 e. The van der Waals surface area contributed by atoms with Gasteiger partial charge in [-0.15, -0.1) is 0 Å². The Morgan fingerprint density at radius 3 is 1.69 bits per heavy atom. The van der Waals surface area contributed by atoms with Crippen LogP contribution in [0.5, 0.6) is 0 Å². The first-order valence-corrected chi connectivity index (χ1v) is 22.3. The Morgan fingerprint density at radius 1 is 0.593 bits per heavy atom. The van der Waals surface area contributed by atoms with Crippen molar-refractivity contribution in [2.24, 2.45) is 5.92 Å². The number of hydrogen-bond acceptors (Lipinski definition) is 11. The first kappa shape index (κ1) is 52.0. The van der Waals surface area contributed by atoms with Gasteiger partial charge in [0, 0.05) is 19.4 Å². The van der Waals surface area contributed by atoms with Crippen molar-refractivity contribution in [2.75, 3.05) is 33.0 Å². The molecule has 0 heterocycles. The van der Waals surface area contributed by atoms with E-state index in [4.69, 9.17) is 28.9 Å². The van der Waals surface area contributed by atoms with Gasteiger partial charge in [-0.05, 0) is 63.7 Å². The predicted octanol–water partition coefficient (Wildman–Crippen LogP) is 7.94. The molecule has 0 aliphatic carbocycles. The first-order valence-electron chi connectivity index (χ1n) is 19.3. The van der Waals surface area contributed by atoms with Gasteiger partial charge in [-0.2, -0.15) is 0 Å². The van der Waals surface area contributed by atoms with Crippen molar-refractivity contribution in [2.45, 2.75) is 142 Å². The van der Waals surface area contributed by atoms with Gasteiger partial charge in [0.1, 0.15) is 12.7 Å². The van der Waals surface area contributed by atoms with Gasteiger partial charge in [0.25, 0.3) is 0 Å². The molecule has 14 nitrogen and oxygen atoms in total. The van der Waals surface area contributed by atoms with Crippen LogP contribution in [0.3, 0.4) is 0 Å². The van der Waals surface area contributed by atoms with Crippen LogP contribution in [0.4, 0.5) is 0 Å². The van der Waals surface area contributed by atoms with Gasteiger partial charge >= 0.3 is 27.6 Å². The van der Waals surface area contributed by atoms with Gasteiger partial charge in [0.15, 0.2) is 6.10 Å². The number of hydrogen-bond donors (Lipinski definition) is 5. The minimum absolute atomic E-state index is 0.0444. The second kappa shape index (κ2) is 34.3. The number of carbonyl (C=O) groups excluding carboxylic acids is 2. The fourth-order valence-corrected chi connectivity index (χ4v) is 5.89. The maximum Gasteiger partial charge on any atom is 0.472 e. The summed E-state index contributed by atoms with van der Waals surface area (Å²) in [6, 6.07) is 0. The standard InChI is InChI=1S/C38H68O14P2/c1-34(2)26-22-18-15-16-19-23-27-37(41)48-32-36(33-51-54(46,47)50-31-35(40)30-49-53(43,44)45)52-38(42)28-24-20-14-12-10-8-6-4-3-5-7-9-11-13-17-21-25-29-39/h3,5-6,8-9,11-12,14,34-36,39-40H,4,7,10,13,15-33H2,1-2H3,(H,46,47)(H2,43,44,45)/b5-3-,8-6-,11-9-,14-12-/t35-,36+/m0/s1. The molecule has 3 atom stereocenters. The molecule has 0 saturated carbocycles. The minimum atomic E-state index is -4.87. The molecule has 5 N–H and O–H groups in total. The van der Waals surface area contributed by atoms with E-state index in [2.05, 4.69) is 59.4 Å². The number of allylic oxidation sites excluding steroid dienone is 8. The molecule has 314 valence electrons. The zero-order valence-electron chi connectivity index (χ0n) is 32.4. The molecule has 0 aliphatic heterocycles. The quantitative estimate of drug-likeness (QED) is 0.0176. The Morgan fingerprint density at radius 2 is 1.09 bits per heavy atom. The topological polar surface area (TPSA) is 216 Å². The van der Waals surface area contributed by atoms with Crippen molar-refractivity contribution < 1.29 is 66.7 Å². The van der Waals surface area contributed by atoms with E-state index in [0.29, 0.717) is 25.2 Å². The highest BCUT2D eigenvalue weighted by Gasteiger charge is 2.28. The molecule has 54 heavy (non-hydrogen) atoms. The number of unbranched alkanes of at least 4 members (excludes halogenated alkanes) is 9. The van der Waals surface area contributed by atoms with E-state index < -0.39 is 66.2 Å². The van der Waals surface area contributed by atoms with Gasteiger partial charge < -0.3 is 34.4 Å². The summed E-state index contributed by atoms with van der Waals surface area (Å²) in [5.74, 6) is -0.428. The number of phosphoric ester groups is 2. The van der Waals surface area contributed by atoms with Gasteiger partial charge in [-0.1, -0.05) is 107 Å². The number of aliphatic hydroxyl groups excluding tert-OH is 2. The summed E-state index contributed by atoms with van der Waals surface area (Å²) in [5, 5.41) is 18.5. The summed E-state index contributed by atoms with van der Waals surface area (Å²) in [6.07, 6.45) is 28.9. The highest BCUT2D eigenvalue weighted by atomic mass is 31.2. The lowest BCUT2D eigenvalue weighted by Crippen LogP contribution is -2.29. The normalized spacial score (nSPS) is 14.8. The van der Waals surface area contributed by atoms with Gasteiger partial charge in [-0.25, -0.2) is 9.13 Å². The van der Waals surface area contributed by atoms with Crippen molar-refractivity contribution >= 4 is 27.6 Å². The number of aliphatic hydroxyl groups is 2. The number of carbonyl (C=O) groups is 2. The van der Waals surface area contributed by atoms with E-state index >= 15 is 0 Å². The minimum Gasteiger partial charge on any atom is -0.462 e. The van der Waals surface area contributed by atoms with E-state index in [1.165, 1.54) is 12.8 Å². The van der Waals surface area contributed by atoms with Crippen molar-refractivity contribution in [3.8, 4) is 0 Å². The van der Waals surface area contributed by atoms with Crippen LogP contribution in [-0.2, 0) is 41.8 Å². The van der Waals surface area contributed by atoms with E-state index in [0.717, 1.165) is 70.6 Å². The number of esters is 2. The molecule has 0 aliphatic rings. The first-order chi connectivity index (χ1) is 25.7. The van der Waals surface area contributed by atoms with Gasteiger partial charge in [0.05, 0.1) is 19.8 Å². The van der Waals surface area contributed by atoms with Crippen molar-refractivity contribution in [1.29, 1.82) is 0 Å². The predicted molar refractivity (Wildman–Crippen MR) is 208 cm³/mol. The molecule has 1 unspecified atom stereocenters. The van der Waals surface area contributed by atoms with Crippen molar-refractivity contribution in [1.82, 2.24) is 0 Å². The summed E-state index contributed by atoms with van der Waals surface area (Å²) in [5.41, 5.74) is 0. The van der Waals surface area contributed by atoms with Crippen molar-refractivity contribution in [3.05, 3.63) is 48.6 Å². The highest BCUT2D eigenvalue weighted by Crippen LogP contribution is 2.43. The Bertz CT molecular complexity index is 1160. The summed E-state index contributed by atoms with van der Waals surface area (Å²) in [7, 11) is -9.69. The second-order valence-electron chi connectivity index (χ2n) is 13.4. The van der Waals surface area contributed by atoms with Crippen LogP contribution in [-0.4, -0.2) is 82.1 Å². The van der Waals surface area contributed by atoms with Crippen LogP contribution in [0.15, 0.2) is 48.6 Å². The molecule has 0 fully saturated rings. The molecule has 0 aromatic heterocycles. The van der Waals surface area contributed by atoms with E-state index in [1.807, 2.05) is 12.2 Å². The molecule has 0 aromatic rings. The molecular formula is C38H68O14P2. The Labute approximate surface area is 322 Å². The van der Waals surface area contributed by atoms with Crippen molar-refractivity contribution in [3.63, 3.8) is 0 Å². The lowest BCUT2D eigenvalue weighted by molar-refractivity contribution is -0.161. The van der Waals surface area contributed by atoms with Crippen LogP contribution in [0.2, 0.25) is 0 Å². The molecule has 0 bridgehead atoms. The largest absolute Gasteiger partial charge is 0.472 e. The fourth-order valence-electron chi connectivity index (χ4n) is 4.74. The monoisotopic (exact) mass is 810 g/mol. The summed E-state index contributed by atoms with van der Waals surface area (Å²) < 4.78 is 47.5. The third kappa shape index (κ3) is 38.3. The van der Waals surface area contributed by atoms with E-state index in [9.17, 15) is 28.7 Å². The van der Waals surface area contributed by atoms with Crippen LogP contribution >= 0.6 is 15.6 Å². The van der Waals surface area contributed by atoms with Gasteiger partial charge in [-0.3, -0.25) is 23.2 Å². The molecule has 0 amide bonds.